The Morgan fingerprint density at radius 1 is 1.29 bits per heavy atom. The van der Waals surface area contributed by atoms with Crippen molar-refractivity contribution in [3.8, 4) is 5.69 Å². The van der Waals surface area contributed by atoms with Crippen LogP contribution < -0.4 is 0 Å². The van der Waals surface area contributed by atoms with Crippen molar-refractivity contribution in [2.45, 2.75) is 12.1 Å². The van der Waals surface area contributed by atoms with E-state index in [0.717, 1.165) is 4.57 Å². The monoisotopic (exact) mass is 320 g/mol. The normalized spacial score (nSPS) is 10.9. The summed E-state index contributed by atoms with van der Waals surface area (Å²) >= 11 is 0.674. The number of aliphatic carboxylic acids is 1. The van der Waals surface area contributed by atoms with Crippen molar-refractivity contribution in [2.24, 2.45) is 0 Å². The maximum absolute atomic E-state index is 13.8. The zero-order valence-corrected chi connectivity index (χ0v) is 11.3. The number of benzene rings is 1. The molecule has 0 aliphatic carbocycles. The number of aromatic nitrogens is 2. The van der Waals surface area contributed by atoms with Gasteiger partial charge in [0.2, 0.25) is 0 Å². The van der Waals surface area contributed by atoms with E-state index in [2.05, 4.69) is 4.98 Å². The lowest BCUT2D eigenvalue weighted by Crippen LogP contribution is -2.09. The lowest BCUT2D eigenvalue weighted by atomic mass is 10.2. The summed E-state index contributed by atoms with van der Waals surface area (Å²) in [6.45, 7) is 1.42. The molecule has 1 aromatic heterocycles. The van der Waals surface area contributed by atoms with Gasteiger partial charge in [0.15, 0.2) is 28.4 Å². The Balaban J connectivity index is 2.62. The molecule has 0 amide bonds. The molecular formula is C12H8F4N2O2S. The molecule has 0 fully saturated rings. The van der Waals surface area contributed by atoms with Crippen molar-refractivity contribution < 1.29 is 27.5 Å². The second kappa shape index (κ2) is 5.76. The highest BCUT2D eigenvalue weighted by Gasteiger charge is 2.24. The van der Waals surface area contributed by atoms with E-state index in [1.54, 1.807) is 0 Å². The van der Waals surface area contributed by atoms with E-state index < -0.39 is 40.7 Å². The number of imidazole rings is 1. The average molecular weight is 320 g/mol. The minimum Gasteiger partial charge on any atom is -0.481 e. The first kappa shape index (κ1) is 15.4. The fourth-order valence-electron chi connectivity index (χ4n) is 1.67. The van der Waals surface area contributed by atoms with Crippen molar-refractivity contribution in [1.29, 1.82) is 0 Å². The van der Waals surface area contributed by atoms with Gasteiger partial charge in [0.1, 0.15) is 5.69 Å². The van der Waals surface area contributed by atoms with Crippen molar-refractivity contribution >= 4 is 17.7 Å². The molecule has 0 aliphatic rings. The van der Waals surface area contributed by atoms with Gasteiger partial charge in [0, 0.05) is 18.0 Å². The number of aryl methyl sites for hydroxylation is 1. The van der Waals surface area contributed by atoms with Crippen LogP contribution in [-0.4, -0.2) is 26.4 Å². The van der Waals surface area contributed by atoms with E-state index in [1.807, 2.05) is 0 Å². The molecule has 0 spiro atoms. The molecule has 0 saturated heterocycles. The third-order valence-corrected chi connectivity index (χ3v) is 3.48. The van der Waals surface area contributed by atoms with Crippen molar-refractivity contribution in [3.05, 3.63) is 41.2 Å². The quantitative estimate of drug-likeness (QED) is 0.535. The Morgan fingerprint density at radius 3 is 2.38 bits per heavy atom. The van der Waals surface area contributed by atoms with Gasteiger partial charge in [0.25, 0.3) is 0 Å². The smallest absolute Gasteiger partial charge is 0.313 e. The van der Waals surface area contributed by atoms with E-state index in [1.165, 1.54) is 13.1 Å². The molecule has 2 rings (SSSR count). The number of carboxylic acids is 1. The van der Waals surface area contributed by atoms with E-state index in [0.29, 0.717) is 11.8 Å². The summed E-state index contributed by atoms with van der Waals surface area (Å²) in [7, 11) is 0. The van der Waals surface area contributed by atoms with Crippen LogP contribution in [0.4, 0.5) is 17.6 Å². The van der Waals surface area contributed by atoms with Crippen LogP contribution in [0.3, 0.4) is 0 Å². The van der Waals surface area contributed by atoms with Crippen LogP contribution in [0, 0.1) is 30.2 Å². The van der Waals surface area contributed by atoms with Gasteiger partial charge in [-0.15, -0.1) is 0 Å². The van der Waals surface area contributed by atoms with Crippen LogP contribution >= 0.6 is 11.8 Å². The van der Waals surface area contributed by atoms with Crippen LogP contribution in [0.5, 0.6) is 0 Å². The number of nitrogens with zero attached hydrogens (tertiary/aromatic N) is 2. The Kier molecular flexibility index (Phi) is 4.21. The Morgan fingerprint density at radius 2 is 1.86 bits per heavy atom. The standard InChI is InChI=1S/C12H8F4N2O2S/c1-5-3-17-12(21-4-8(19)20)18(5)11-9(15)6(13)2-7(14)10(11)16/h2-3H,4H2,1H3,(H,19,20). The number of carboxylic acid groups (broad SMARTS) is 1. The zero-order valence-electron chi connectivity index (χ0n) is 10.5. The van der Waals surface area contributed by atoms with Crippen molar-refractivity contribution in [3.63, 3.8) is 0 Å². The molecule has 0 saturated carbocycles. The Hall–Kier alpha value is -2.03. The summed E-state index contributed by atoms with van der Waals surface area (Å²) < 4.78 is 55.0. The molecule has 0 bridgehead atoms. The van der Waals surface area contributed by atoms with E-state index in [9.17, 15) is 22.4 Å². The van der Waals surface area contributed by atoms with E-state index in [4.69, 9.17) is 5.11 Å². The number of hydrogen-bond acceptors (Lipinski definition) is 3. The van der Waals surface area contributed by atoms with Crippen molar-refractivity contribution in [1.82, 2.24) is 9.55 Å². The van der Waals surface area contributed by atoms with Gasteiger partial charge < -0.3 is 5.11 Å². The Labute approximate surface area is 120 Å². The van der Waals surface area contributed by atoms with Gasteiger partial charge in [-0.25, -0.2) is 22.5 Å². The highest BCUT2D eigenvalue weighted by molar-refractivity contribution is 7.99. The summed E-state index contributed by atoms with van der Waals surface area (Å²) in [5.41, 5.74) is -0.763. The predicted octanol–water partition coefficient (Wildman–Crippen LogP) is 2.91. The molecule has 21 heavy (non-hydrogen) atoms. The van der Waals surface area contributed by atoms with E-state index >= 15 is 0 Å². The van der Waals surface area contributed by atoms with Gasteiger partial charge in [0.05, 0.1) is 5.75 Å². The molecular weight excluding hydrogens is 312 g/mol. The number of carbonyl (C=O) groups is 1. The minimum atomic E-state index is -1.58. The number of thioether (sulfide) groups is 1. The predicted molar refractivity (Wildman–Crippen MR) is 66.5 cm³/mol. The summed E-state index contributed by atoms with van der Waals surface area (Å²) in [6, 6.07) is 0.102. The van der Waals surface area contributed by atoms with Crippen LogP contribution in [0.15, 0.2) is 17.4 Å². The Bertz CT molecular complexity index is 692. The summed E-state index contributed by atoms with van der Waals surface area (Å²) in [5, 5.41) is 8.53. The SMILES string of the molecule is Cc1cnc(SCC(=O)O)n1-c1c(F)c(F)cc(F)c1F. The van der Waals surface area contributed by atoms with Gasteiger partial charge in [-0.2, -0.15) is 0 Å². The third-order valence-electron chi connectivity index (χ3n) is 2.54. The van der Waals surface area contributed by atoms with Gasteiger partial charge in [-0.3, -0.25) is 9.36 Å². The molecule has 1 heterocycles. The summed E-state index contributed by atoms with van der Waals surface area (Å²) in [4.78, 5) is 14.3. The molecule has 0 aliphatic heterocycles. The van der Waals surface area contributed by atoms with Gasteiger partial charge in [-0.1, -0.05) is 11.8 Å². The highest BCUT2D eigenvalue weighted by atomic mass is 32.2. The maximum Gasteiger partial charge on any atom is 0.313 e. The van der Waals surface area contributed by atoms with E-state index in [-0.39, 0.29) is 16.9 Å². The van der Waals surface area contributed by atoms with Crippen LogP contribution in [0.1, 0.15) is 5.69 Å². The molecule has 1 aromatic carbocycles. The van der Waals surface area contributed by atoms with Crippen LogP contribution in [-0.2, 0) is 4.79 Å². The van der Waals surface area contributed by atoms with Gasteiger partial charge >= 0.3 is 5.97 Å². The molecule has 0 atom stereocenters. The second-order valence-corrected chi connectivity index (χ2v) is 4.96. The third kappa shape index (κ3) is 2.87. The number of halogens is 4. The molecule has 0 unspecified atom stereocenters. The van der Waals surface area contributed by atoms with Crippen LogP contribution in [0.2, 0.25) is 0 Å². The molecule has 112 valence electrons. The summed E-state index contributed by atoms with van der Waals surface area (Å²) in [5.74, 6) is -7.84. The molecule has 2 aromatic rings. The lowest BCUT2D eigenvalue weighted by Gasteiger charge is -2.12. The maximum atomic E-state index is 13.8. The zero-order chi connectivity index (χ0) is 15.7. The second-order valence-electron chi connectivity index (χ2n) is 4.02. The first-order valence-corrected chi connectivity index (χ1v) is 6.53. The first-order valence-electron chi connectivity index (χ1n) is 5.55. The molecule has 9 heteroatoms. The molecule has 1 N–H and O–H groups in total. The first-order chi connectivity index (χ1) is 9.82. The topological polar surface area (TPSA) is 55.1 Å². The van der Waals surface area contributed by atoms with Crippen molar-refractivity contribution in [2.75, 3.05) is 5.75 Å². The summed E-state index contributed by atoms with van der Waals surface area (Å²) in [6.07, 6.45) is 1.21. The lowest BCUT2D eigenvalue weighted by molar-refractivity contribution is -0.133. The number of hydrogen-bond donors (Lipinski definition) is 1. The fourth-order valence-corrected chi connectivity index (χ4v) is 2.42. The number of rotatable bonds is 4. The average Bonchev–Trinajstić information content (AvgIpc) is 2.76. The van der Waals surface area contributed by atoms with Crippen LogP contribution in [0.25, 0.3) is 5.69 Å². The largest absolute Gasteiger partial charge is 0.481 e. The molecule has 4 nitrogen and oxygen atoms in total. The fraction of sp³-hybridized carbons (Fsp3) is 0.167. The highest BCUT2D eigenvalue weighted by Crippen LogP contribution is 2.29. The van der Waals surface area contributed by atoms with Gasteiger partial charge in [-0.05, 0) is 6.92 Å². The minimum absolute atomic E-state index is 0.0855. The molecule has 0 radical (unpaired) electrons.